The first kappa shape index (κ1) is 14.4. The van der Waals surface area contributed by atoms with Crippen molar-refractivity contribution in [3.8, 4) is 11.8 Å². The molecule has 106 valence electrons. The number of hydrogen-bond acceptors (Lipinski definition) is 3. The molecule has 1 aromatic rings. The number of nitrogens with one attached hydrogen (secondary N) is 1. The highest BCUT2D eigenvalue weighted by molar-refractivity contribution is 5.77. The van der Waals surface area contributed by atoms with Crippen LogP contribution >= 0.6 is 0 Å². The van der Waals surface area contributed by atoms with E-state index in [1.54, 1.807) is 24.3 Å². The maximum absolute atomic E-state index is 11.7. The first-order valence-corrected chi connectivity index (χ1v) is 7.07. The van der Waals surface area contributed by atoms with E-state index >= 15 is 0 Å². The summed E-state index contributed by atoms with van der Waals surface area (Å²) in [5.41, 5.74) is 0.581. The van der Waals surface area contributed by atoms with E-state index in [1.165, 1.54) is 19.3 Å². The summed E-state index contributed by atoms with van der Waals surface area (Å²) in [5, 5.41) is 11.6. The number of nitrogens with zero attached hydrogens (tertiary/aromatic N) is 1. The van der Waals surface area contributed by atoms with Crippen molar-refractivity contribution in [2.24, 2.45) is 11.8 Å². The minimum absolute atomic E-state index is 0.0220. The number of carbonyl (C=O) groups excluding carboxylic acids is 1. The second-order valence-corrected chi connectivity index (χ2v) is 5.51. The van der Waals surface area contributed by atoms with Crippen LogP contribution < -0.4 is 10.1 Å². The Morgan fingerprint density at radius 2 is 2.15 bits per heavy atom. The predicted octanol–water partition coefficient (Wildman–Crippen LogP) is 2.49. The fourth-order valence-corrected chi connectivity index (χ4v) is 2.59. The van der Waals surface area contributed by atoms with E-state index in [2.05, 4.69) is 12.2 Å². The molecular formula is C16H20N2O2. The molecule has 0 spiro atoms. The molecule has 20 heavy (non-hydrogen) atoms. The van der Waals surface area contributed by atoms with Gasteiger partial charge in [-0.05, 0) is 48.9 Å². The molecule has 1 aliphatic rings. The van der Waals surface area contributed by atoms with E-state index in [-0.39, 0.29) is 12.5 Å². The molecule has 4 nitrogen and oxygen atoms in total. The zero-order valence-electron chi connectivity index (χ0n) is 11.8. The van der Waals surface area contributed by atoms with E-state index in [1.807, 2.05) is 6.07 Å². The predicted molar refractivity (Wildman–Crippen MR) is 76.2 cm³/mol. The van der Waals surface area contributed by atoms with E-state index in [0.717, 1.165) is 12.5 Å². The highest BCUT2D eigenvalue weighted by atomic mass is 16.5. The number of ether oxygens (including phenoxy) is 1. The van der Waals surface area contributed by atoms with E-state index in [0.29, 0.717) is 17.2 Å². The Morgan fingerprint density at radius 3 is 2.75 bits per heavy atom. The molecule has 0 heterocycles. The third-order valence-corrected chi connectivity index (χ3v) is 3.74. The van der Waals surface area contributed by atoms with Crippen molar-refractivity contribution in [1.29, 1.82) is 5.26 Å². The number of amides is 1. The van der Waals surface area contributed by atoms with Crippen molar-refractivity contribution < 1.29 is 9.53 Å². The molecule has 1 amide bonds. The van der Waals surface area contributed by atoms with Gasteiger partial charge in [0.2, 0.25) is 0 Å². The zero-order chi connectivity index (χ0) is 14.4. The molecule has 2 unspecified atom stereocenters. The molecule has 0 bridgehead atoms. The van der Waals surface area contributed by atoms with Crippen LogP contribution in [0.2, 0.25) is 0 Å². The first-order valence-electron chi connectivity index (χ1n) is 7.07. The Balaban J connectivity index is 1.68. The van der Waals surface area contributed by atoms with Gasteiger partial charge < -0.3 is 10.1 Å². The summed E-state index contributed by atoms with van der Waals surface area (Å²) in [5.74, 6) is 1.92. The normalized spacial score (nSPS) is 21.2. The summed E-state index contributed by atoms with van der Waals surface area (Å²) in [4.78, 5) is 11.7. The highest BCUT2D eigenvalue weighted by Gasteiger charge is 2.21. The fraction of sp³-hybridized carbons (Fsp3) is 0.500. The van der Waals surface area contributed by atoms with E-state index in [9.17, 15) is 4.79 Å². The zero-order valence-corrected chi connectivity index (χ0v) is 11.8. The Kier molecular flexibility index (Phi) is 5.00. The summed E-state index contributed by atoms with van der Waals surface area (Å²) in [7, 11) is 0. The molecular weight excluding hydrogens is 252 g/mol. The quantitative estimate of drug-likeness (QED) is 0.895. The molecule has 0 aliphatic heterocycles. The summed E-state index contributed by atoms with van der Waals surface area (Å²) in [6.45, 7) is 3.03. The molecule has 2 rings (SSSR count). The summed E-state index contributed by atoms with van der Waals surface area (Å²) in [6, 6.07) is 8.78. The van der Waals surface area contributed by atoms with Crippen LogP contribution in [0.3, 0.4) is 0 Å². The maximum atomic E-state index is 11.7. The van der Waals surface area contributed by atoms with Crippen molar-refractivity contribution in [1.82, 2.24) is 5.32 Å². The Bertz CT molecular complexity index is 490. The second-order valence-electron chi connectivity index (χ2n) is 5.51. The van der Waals surface area contributed by atoms with Crippen LogP contribution in [0.1, 0.15) is 31.7 Å². The minimum Gasteiger partial charge on any atom is -0.484 e. The SMILES string of the molecule is CC1CCC(CNC(=O)COc2ccc(C#N)cc2)C1. The maximum Gasteiger partial charge on any atom is 0.257 e. The van der Waals surface area contributed by atoms with Crippen molar-refractivity contribution in [2.45, 2.75) is 26.2 Å². The third kappa shape index (κ3) is 4.27. The van der Waals surface area contributed by atoms with E-state index < -0.39 is 0 Å². The molecule has 1 N–H and O–H groups in total. The molecule has 1 fully saturated rings. The van der Waals surface area contributed by atoms with Gasteiger partial charge >= 0.3 is 0 Å². The lowest BCUT2D eigenvalue weighted by molar-refractivity contribution is -0.123. The van der Waals surface area contributed by atoms with Crippen LogP contribution in [-0.2, 0) is 4.79 Å². The van der Waals surface area contributed by atoms with Crippen molar-refractivity contribution in [3.63, 3.8) is 0 Å². The van der Waals surface area contributed by atoms with Gasteiger partial charge in [-0.3, -0.25) is 4.79 Å². The number of hydrogen-bond donors (Lipinski definition) is 1. The topological polar surface area (TPSA) is 62.1 Å². The molecule has 1 aliphatic carbocycles. The van der Waals surface area contributed by atoms with Gasteiger partial charge in [0.1, 0.15) is 5.75 Å². The van der Waals surface area contributed by atoms with Gasteiger partial charge in [-0.1, -0.05) is 13.3 Å². The largest absolute Gasteiger partial charge is 0.484 e. The summed E-state index contributed by atoms with van der Waals surface area (Å²) in [6.07, 6.45) is 3.68. The van der Waals surface area contributed by atoms with Crippen LogP contribution in [0.5, 0.6) is 5.75 Å². The lowest BCUT2D eigenvalue weighted by Crippen LogP contribution is -2.32. The van der Waals surface area contributed by atoms with Crippen LogP contribution in [-0.4, -0.2) is 19.1 Å². The van der Waals surface area contributed by atoms with Gasteiger partial charge in [0, 0.05) is 6.54 Å². The van der Waals surface area contributed by atoms with Crippen LogP contribution in [0.25, 0.3) is 0 Å². The third-order valence-electron chi connectivity index (χ3n) is 3.74. The molecule has 4 heteroatoms. The Morgan fingerprint density at radius 1 is 1.40 bits per heavy atom. The molecule has 0 radical (unpaired) electrons. The lowest BCUT2D eigenvalue weighted by atomic mass is 10.1. The number of benzene rings is 1. The average Bonchev–Trinajstić information content (AvgIpc) is 2.89. The Labute approximate surface area is 119 Å². The van der Waals surface area contributed by atoms with Crippen molar-refractivity contribution >= 4 is 5.91 Å². The molecule has 1 saturated carbocycles. The van der Waals surface area contributed by atoms with E-state index in [4.69, 9.17) is 10.00 Å². The number of rotatable bonds is 5. The van der Waals surface area contributed by atoms with Gasteiger partial charge in [-0.25, -0.2) is 0 Å². The highest BCUT2D eigenvalue weighted by Crippen LogP contribution is 2.29. The monoisotopic (exact) mass is 272 g/mol. The van der Waals surface area contributed by atoms with Gasteiger partial charge in [-0.15, -0.1) is 0 Å². The molecule has 0 saturated heterocycles. The van der Waals surface area contributed by atoms with Crippen LogP contribution in [0.4, 0.5) is 0 Å². The van der Waals surface area contributed by atoms with Gasteiger partial charge in [0.25, 0.3) is 5.91 Å². The molecule has 1 aromatic carbocycles. The summed E-state index contributed by atoms with van der Waals surface area (Å²) < 4.78 is 5.38. The lowest BCUT2D eigenvalue weighted by Gasteiger charge is -2.11. The average molecular weight is 272 g/mol. The van der Waals surface area contributed by atoms with Crippen molar-refractivity contribution in [2.75, 3.05) is 13.2 Å². The van der Waals surface area contributed by atoms with Crippen LogP contribution in [0, 0.1) is 23.2 Å². The minimum atomic E-state index is -0.0890. The fourth-order valence-electron chi connectivity index (χ4n) is 2.59. The summed E-state index contributed by atoms with van der Waals surface area (Å²) >= 11 is 0. The number of nitriles is 1. The van der Waals surface area contributed by atoms with Gasteiger partial charge in [0.15, 0.2) is 6.61 Å². The van der Waals surface area contributed by atoms with Gasteiger partial charge in [0.05, 0.1) is 11.6 Å². The second kappa shape index (κ2) is 6.95. The first-order chi connectivity index (χ1) is 9.67. The van der Waals surface area contributed by atoms with Crippen LogP contribution in [0.15, 0.2) is 24.3 Å². The smallest absolute Gasteiger partial charge is 0.257 e. The molecule has 2 atom stereocenters. The Hall–Kier alpha value is -2.02. The van der Waals surface area contributed by atoms with Crippen molar-refractivity contribution in [3.05, 3.63) is 29.8 Å². The number of carbonyl (C=O) groups is 1. The van der Waals surface area contributed by atoms with Gasteiger partial charge in [-0.2, -0.15) is 5.26 Å². The standard InChI is InChI=1S/C16H20N2O2/c1-12-2-3-14(8-12)10-18-16(19)11-20-15-6-4-13(9-17)5-7-15/h4-7,12,14H,2-3,8,10-11H2,1H3,(H,18,19). The molecule has 0 aromatic heterocycles.